The molecule has 1 heterocycles. The fourth-order valence-corrected chi connectivity index (χ4v) is 2.87. The molecule has 0 N–H and O–H groups in total. The number of rotatable bonds is 7. The van der Waals surface area contributed by atoms with Gasteiger partial charge in [-0.15, -0.1) is 0 Å². The first-order chi connectivity index (χ1) is 12.2. The minimum Gasteiger partial charge on any atom is -0.336 e. The van der Waals surface area contributed by atoms with Crippen LogP contribution in [-0.4, -0.2) is 27.1 Å². The summed E-state index contributed by atoms with van der Waals surface area (Å²) < 4.78 is 1.71. The average Bonchev–Trinajstić information content (AvgIpc) is 3.20. The van der Waals surface area contributed by atoms with Crippen molar-refractivity contribution in [3.05, 3.63) is 90.3 Å². The average molecular weight is 333 g/mol. The van der Waals surface area contributed by atoms with E-state index in [2.05, 4.69) is 29.4 Å². The van der Waals surface area contributed by atoms with E-state index in [4.69, 9.17) is 0 Å². The van der Waals surface area contributed by atoms with Gasteiger partial charge in [-0.1, -0.05) is 60.7 Å². The summed E-state index contributed by atoms with van der Waals surface area (Å²) in [6, 6.07) is 21.9. The monoisotopic (exact) mass is 333 g/mol. The van der Waals surface area contributed by atoms with Crippen molar-refractivity contribution in [2.45, 2.75) is 25.9 Å². The molecule has 0 fully saturated rings. The number of benzene rings is 2. The molecule has 3 rings (SSSR count). The first-order valence-electron chi connectivity index (χ1n) is 8.60. The number of hydrogen-bond acceptors (Lipinski definition) is 2. The fourth-order valence-electron chi connectivity index (χ4n) is 2.87. The Morgan fingerprint density at radius 1 is 1.00 bits per heavy atom. The van der Waals surface area contributed by atoms with Crippen molar-refractivity contribution in [2.24, 2.45) is 0 Å². The predicted molar refractivity (Wildman–Crippen MR) is 98.9 cm³/mol. The molecule has 2 aromatic carbocycles. The molecule has 0 aliphatic carbocycles. The zero-order valence-electron chi connectivity index (χ0n) is 14.5. The summed E-state index contributed by atoms with van der Waals surface area (Å²) in [6.07, 6.45) is 4.38. The lowest BCUT2D eigenvalue weighted by Crippen LogP contribution is -2.37. The largest absolute Gasteiger partial charge is 0.336 e. The van der Waals surface area contributed by atoms with E-state index in [-0.39, 0.29) is 11.9 Å². The molecular formula is C21H23N3O. The zero-order valence-corrected chi connectivity index (χ0v) is 14.5. The lowest BCUT2D eigenvalue weighted by atomic mass is 10.1. The van der Waals surface area contributed by atoms with Crippen molar-refractivity contribution in [1.82, 2.24) is 14.7 Å². The Bertz CT molecular complexity index is 769. The van der Waals surface area contributed by atoms with Crippen molar-refractivity contribution >= 4 is 5.91 Å². The van der Waals surface area contributed by atoms with Gasteiger partial charge < -0.3 is 4.90 Å². The molecular weight excluding hydrogens is 310 g/mol. The lowest BCUT2D eigenvalue weighted by Gasteiger charge is -2.26. The molecule has 0 spiro atoms. The maximum Gasteiger partial charge on any atom is 0.247 e. The quantitative estimate of drug-likeness (QED) is 0.661. The van der Waals surface area contributed by atoms with Crippen LogP contribution in [0.4, 0.5) is 0 Å². The molecule has 4 heteroatoms. The van der Waals surface area contributed by atoms with Crippen LogP contribution in [0, 0.1) is 0 Å². The van der Waals surface area contributed by atoms with Gasteiger partial charge in [-0.3, -0.25) is 9.48 Å². The van der Waals surface area contributed by atoms with E-state index in [1.54, 1.807) is 10.9 Å². The van der Waals surface area contributed by atoms with E-state index in [0.29, 0.717) is 13.1 Å². The molecule has 0 bridgehead atoms. The van der Waals surface area contributed by atoms with Gasteiger partial charge in [0.05, 0.1) is 0 Å². The molecule has 1 atom stereocenters. The third-order valence-electron chi connectivity index (χ3n) is 4.32. The molecule has 0 aliphatic heterocycles. The Balaban J connectivity index is 1.74. The van der Waals surface area contributed by atoms with E-state index in [1.807, 2.05) is 60.5 Å². The molecule has 0 saturated carbocycles. The molecule has 25 heavy (non-hydrogen) atoms. The van der Waals surface area contributed by atoms with E-state index < -0.39 is 0 Å². The number of nitrogens with zero attached hydrogens (tertiary/aromatic N) is 3. The van der Waals surface area contributed by atoms with Crippen LogP contribution in [-0.2, 0) is 17.8 Å². The summed E-state index contributed by atoms with van der Waals surface area (Å²) in [5.74, 6) is 0.0866. The molecule has 1 aromatic heterocycles. The van der Waals surface area contributed by atoms with Gasteiger partial charge in [0.15, 0.2) is 0 Å². The van der Waals surface area contributed by atoms with Gasteiger partial charge in [0.1, 0.15) is 6.04 Å². The Labute approximate surface area is 148 Å². The van der Waals surface area contributed by atoms with Crippen LogP contribution < -0.4 is 0 Å². The second-order valence-corrected chi connectivity index (χ2v) is 6.14. The highest BCUT2D eigenvalue weighted by Gasteiger charge is 2.22. The standard InChI is InChI=1S/C21H23N3O/c1-18(24-15-8-14-22-24)21(25)23(17-20-11-6-3-7-12-20)16-13-19-9-4-2-5-10-19/h2-12,14-15,18H,13,16-17H2,1H3. The third-order valence-corrected chi connectivity index (χ3v) is 4.32. The van der Waals surface area contributed by atoms with Gasteiger partial charge in [0.2, 0.25) is 5.91 Å². The normalized spacial score (nSPS) is 11.9. The summed E-state index contributed by atoms with van der Waals surface area (Å²) in [5, 5.41) is 4.21. The number of carbonyl (C=O) groups is 1. The maximum absolute atomic E-state index is 13.0. The Morgan fingerprint density at radius 2 is 1.64 bits per heavy atom. The molecule has 3 aromatic rings. The van der Waals surface area contributed by atoms with E-state index >= 15 is 0 Å². The summed E-state index contributed by atoms with van der Waals surface area (Å²) in [6.45, 7) is 3.19. The summed E-state index contributed by atoms with van der Waals surface area (Å²) in [7, 11) is 0. The van der Waals surface area contributed by atoms with E-state index in [1.165, 1.54) is 5.56 Å². The maximum atomic E-state index is 13.0. The van der Waals surface area contributed by atoms with Crippen molar-refractivity contribution in [3.8, 4) is 0 Å². The van der Waals surface area contributed by atoms with Gasteiger partial charge in [-0.25, -0.2) is 0 Å². The van der Waals surface area contributed by atoms with Crippen LogP contribution in [0.15, 0.2) is 79.1 Å². The zero-order chi connectivity index (χ0) is 17.5. The van der Waals surface area contributed by atoms with Gasteiger partial charge in [-0.05, 0) is 30.5 Å². The molecule has 1 unspecified atom stereocenters. The van der Waals surface area contributed by atoms with E-state index in [9.17, 15) is 4.79 Å². The van der Waals surface area contributed by atoms with Crippen LogP contribution in [0.25, 0.3) is 0 Å². The lowest BCUT2D eigenvalue weighted by molar-refractivity contribution is -0.135. The van der Waals surface area contributed by atoms with Crippen LogP contribution in [0.2, 0.25) is 0 Å². The highest BCUT2D eigenvalue weighted by Crippen LogP contribution is 2.14. The molecule has 128 valence electrons. The highest BCUT2D eigenvalue weighted by molar-refractivity contribution is 5.80. The summed E-state index contributed by atoms with van der Waals surface area (Å²) in [5.41, 5.74) is 2.37. The third kappa shape index (κ3) is 4.57. The molecule has 0 aliphatic rings. The van der Waals surface area contributed by atoms with Gasteiger partial charge in [0, 0.05) is 25.5 Å². The number of carbonyl (C=O) groups excluding carboxylic acids is 1. The Kier molecular flexibility index (Phi) is 5.62. The highest BCUT2D eigenvalue weighted by atomic mass is 16.2. The van der Waals surface area contributed by atoms with Crippen LogP contribution in [0.1, 0.15) is 24.1 Å². The summed E-state index contributed by atoms with van der Waals surface area (Å²) >= 11 is 0. The van der Waals surface area contributed by atoms with E-state index in [0.717, 1.165) is 12.0 Å². The van der Waals surface area contributed by atoms with Gasteiger partial charge in [0.25, 0.3) is 0 Å². The van der Waals surface area contributed by atoms with Crippen LogP contribution >= 0.6 is 0 Å². The molecule has 1 amide bonds. The van der Waals surface area contributed by atoms with Crippen molar-refractivity contribution < 1.29 is 4.79 Å². The first kappa shape index (κ1) is 17.0. The van der Waals surface area contributed by atoms with Gasteiger partial charge in [-0.2, -0.15) is 5.10 Å². The minimum atomic E-state index is -0.311. The predicted octanol–water partition coefficient (Wildman–Crippen LogP) is 3.72. The second kappa shape index (κ2) is 8.29. The topological polar surface area (TPSA) is 38.1 Å². The number of hydrogen-bond donors (Lipinski definition) is 0. The Morgan fingerprint density at radius 3 is 2.24 bits per heavy atom. The SMILES string of the molecule is CC(C(=O)N(CCc1ccccc1)Cc1ccccc1)n1cccn1. The first-order valence-corrected chi connectivity index (χ1v) is 8.60. The van der Waals surface area contributed by atoms with Gasteiger partial charge >= 0.3 is 0 Å². The second-order valence-electron chi connectivity index (χ2n) is 6.14. The fraction of sp³-hybridized carbons (Fsp3) is 0.238. The Hall–Kier alpha value is -2.88. The summed E-state index contributed by atoms with van der Waals surface area (Å²) in [4.78, 5) is 15.0. The van der Waals surface area contributed by atoms with Crippen LogP contribution in [0.5, 0.6) is 0 Å². The van der Waals surface area contributed by atoms with Crippen molar-refractivity contribution in [3.63, 3.8) is 0 Å². The minimum absolute atomic E-state index is 0.0866. The van der Waals surface area contributed by atoms with Crippen molar-refractivity contribution in [2.75, 3.05) is 6.54 Å². The number of aromatic nitrogens is 2. The number of amides is 1. The smallest absolute Gasteiger partial charge is 0.247 e. The molecule has 4 nitrogen and oxygen atoms in total. The van der Waals surface area contributed by atoms with Crippen molar-refractivity contribution in [1.29, 1.82) is 0 Å². The molecule has 0 radical (unpaired) electrons. The molecule has 0 saturated heterocycles. The van der Waals surface area contributed by atoms with Crippen LogP contribution in [0.3, 0.4) is 0 Å².